The molecule has 6 nitrogen and oxygen atoms in total. The van der Waals surface area contributed by atoms with Gasteiger partial charge in [0.25, 0.3) is 0 Å². The second-order valence-electron chi connectivity index (χ2n) is 12.5. The van der Waals surface area contributed by atoms with E-state index in [1.807, 2.05) is 0 Å². The Kier molecular flexibility index (Phi) is 9.69. The number of anilines is 2. The number of benzene rings is 2. The number of ether oxygens (including phenoxy) is 2. The van der Waals surface area contributed by atoms with E-state index in [-0.39, 0.29) is 17.9 Å². The normalized spacial score (nSPS) is 27.0. The monoisotopic (exact) mass is 548 g/mol. The maximum absolute atomic E-state index is 14.0. The van der Waals surface area contributed by atoms with Gasteiger partial charge in [0.15, 0.2) is 0 Å². The van der Waals surface area contributed by atoms with Crippen molar-refractivity contribution in [3.63, 3.8) is 0 Å². The molecule has 1 saturated heterocycles. The third kappa shape index (κ3) is 6.83. The second kappa shape index (κ2) is 13.4. The van der Waals surface area contributed by atoms with Gasteiger partial charge in [-0.15, -0.1) is 0 Å². The smallest absolute Gasteiger partial charge is 0.230 e. The number of hydrogen-bond donors (Lipinski definition) is 1. The lowest BCUT2D eigenvalue weighted by atomic mass is 9.78. The average Bonchev–Trinajstić information content (AvgIpc) is 3.45. The minimum absolute atomic E-state index is 0.00328. The van der Waals surface area contributed by atoms with Crippen molar-refractivity contribution in [3.05, 3.63) is 53.6 Å². The summed E-state index contributed by atoms with van der Waals surface area (Å²) in [6.07, 6.45) is 8.48. The van der Waals surface area contributed by atoms with Gasteiger partial charge in [0.05, 0.1) is 19.8 Å². The summed E-state index contributed by atoms with van der Waals surface area (Å²) in [4.78, 5) is 18.6. The van der Waals surface area contributed by atoms with Crippen molar-refractivity contribution < 1.29 is 19.4 Å². The minimum Gasteiger partial charge on any atom is -0.496 e. The van der Waals surface area contributed by atoms with Crippen LogP contribution in [0.4, 0.5) is 11.4 Å². The average molecular weight is 549 g/mol. The van der Waals surface area contributed by atoms with Crippen molar-refractivity contribution in [2.24, 2.45) is 17.8 Å². The highest BCUT2D eigenvalue weighted by molar-refractivity contribution is 5.95. The van der Waals surface area contributed by atoms with Gasteiger partial charge in [-0.25, -0.2) is 0 Å². The fourth-order valence-electron chi connectivity index (χ4n) is 7.25. The van der Waals surface area contributed by atoms with Gasteiger partial charge >= 0.3 is 0 Å². The summed E-state index contributed by atoms with van der Waals surface area (Å²) in [5.41, 5.74) is 4.83. The van der Waals surface area contributed by atoms with Gasteiger partial charge in [-0.2, -0.15) is 0 Å². The lowest BCUT2D eigenvalue weighted by Crippen LogP contribution is -2.42. The molecule has 2 aromatic rings. The van der Waals surface area contributed by atoms with Crippen LogP contribution in [0.15, 0.2) is 42.5 Å². The zero-order valence-electron chi connectivity index (χ0n) is 24.7. The van der Waals surface area contributed by atoms with E-state index >= 15 is 0 Å². The molecule has 0 radical (unpaired) electrons. The van der Waals surface area contributed by atoms with Crippen molar-refractivity contribution in [3.8, 4) is 5.75 Å². The molecule has 40 heavy (non-hydrogen) atoms. The highest BCUT2D eigenvalue weighted by Gasteiger charge is 2.33. The number of carbonyl (C=O) groups is 1. The van der Waals surface area contributed by atoms with E-state index in [0.29, 0.717) is 17.8 Å². The molecule has 0 aromatic heterocycles. The Morgan fingerprint density at radius 1 is 0.950 bits per heavy atom. The first-order valence-electron chi connectivity index (χ1n) is 15.4. The van der Waals surface area contributed by atoms with Crippen LogP contribution in [0.5, 0.6) is 5.75 Å². The summed E-state index contributed by atoms with van der Waals surface area (Å²) in [5.74, 6) is 2.83. The molecule has 1 aliphatic heterocycles. The van der Waals surface area contributed by atoms with Crippen LogP contribution < -0.4 is 14.5 Å². The first-order chi connectivity index (χ1) is 19.4. The molecule has 3 fully saturated rings. The van der Waals surface area contributed by atoms with Crippen molar-refractivity contribution in [1.82, 2.24) is 0 Å². The van der Waals surface area contributed by atoms with Crippen LogP contribution in [0.2, 0.25) is 0 Å². The van der Waals surface area contributed by atoms with Gasteiger partial charge in [-0.05, 0) is 112 Å². The van der Waals surface area contributed by atoms with Crippen LogP contribution in [0, 0.1) is 24.7 Å². The highest BCUT2D eigenvalue weighted by atomic mass is 16.5. The number of nitrogens with zero attached hydrogens (tertiary/aromatic N) is 2. The predicted octanol–water partition coefficient (Wildman–Crippen LogP) is 6.33. The van der Waals surface area contributed by atoms with Crippen LogP contribution in [-0.2, 0) is 9.53 Å². The molecule has 0 spiro atoms. The zero-order valence-corrected chi connectivity index (χ0v) is 24.7. The summed E-state index contributed by atoms with van der Waals surface area (Å²) in [5, 5.41) is 10.1. The molecule has 1 unspecified atom stereocenters. The van der Waals surface area contributed by atoms with E-state index in [1.54, 1.807) is 14.2 Å². The highest BCUT2D eigenvalue weighted by Crippen LogP contribution is 2.39. The molecule has 1 amide bonds. The molecule has 6 heteroatoms. The van der Waals surface area contributed by atoms with Crippen molar-refractivity contribution >= 4 is 17.3 Å². The third-order valence-electron chi connectivity index (χ3n) is 9.68. The summed E-state index contributed by atoms with van der Waals surface area (Å²) in [6, 6.07) is 15.3. The number of amides is 1. The quantitative estimate of drug-likeness (QED) is 0.397. The van der Waals surface area contributed by atoms with E-state index in [4.69, 9.17) is 9.47 Å². The molecule has 2 aliphatic carbocycles. The number of aliphatic hydroxyl groups excluding tert-OH is 1. The number of aryl methyl sites for hydroxylation is 1. The molecule has 1 N–H and O–H groups in total. The van der Waals surface area contributed by atoms with E-state index in [9.17, 15) is 9.90 Å². The van der Waals surface area contributed by atoms with Crippen molar-refractivity contribution in [1.29, 1.82) is 0 Å². The fourth-order valence-corrected chi connectivity index (χ4v) is 7.25. The Morgan fingerprint density at radius 3 is 2.42 bits per heavy atom. The van der Waals surface area contributed by atoms with Crippen LogP contribution in [0.3, 0.4) is 0 Å². The Morgan fingerprint density at radius 2 is 1.73 bits per heavy atom. The molecule has 218 valence electrons. The SMILES string of the molecule is COCC1CCN(c2cccc(N(CC3CCC(c4ccc(OC)c(C)c4)CC3)C(=O)C3CCC(O)CC3)c2)C1. The maximum atomic E-state index is 14.0. The third-order valence-corrected chi connectivity index (χ3v) is 9.68. The molecule has 5 rings (SSSR count). The number of hydrogen-bond acceptors (Lipinski definition) is 5. The standard InChI is InChI=1S/C34H48N2O4/c1-24-19-29(13-16-33(24)40-3)27-9-7-25(8-10-27)22-36(34(38)28-11-14-32(37)15-12-28)31-6-4-5-30(20-31)35-18-17-26(21-35)23-39-2/h4-6,13,16,19-20,25-28,32,37H,7-12,14-15,17-18,21-23H2,1-3H3. The Hall–Kier alpha value is -2.57. The summed E-state index contributed by atoms with van der Waals surface area (Å²) in [7, 11) is 3.51. The predicted molar refractivity (Wildman–Crippen MR) is 161 cm³/mol. The molecular weight excluding hydrogens is 500 g/mol. The number of carbonyl (C=O) groups excluding carboxylic acids is 1. The molecule has 1 atom stereocenters. The largest absolute Gasteiger partial charge is 0.496 e. The number of rotatable bonds is 9. The lowest BCUT2D eigenvalue weighted by molar-refractivity contribution is -0.124. The number of aliphatic hydroxyl groups is 1. The van der Waals surface area contributed by atoms with Crippen LogP contribution in [0.1, 0.15) is 74.8 Å². The Labute approximate surface area is 240 Å². The molecule has 2 aromatic carbocycles. The van der Waals surface area contributed by atoms with Gasteiger partial charge in [-0.3, -0.25) is 4.79 Å². The van der Waals surface area contributed by atoms with Gasteiger partial charge in [0, 0.05) is 50.0 Å². The lowest BCUT2D eigenvalue weighted by Gasteiger charge is -2.36. The number of methoxy groups -OCH3 is 2. The molecule has 1 heterocycles. The van der Waals surface area contributed by atoms with Crippen LogP contribution in [0.25, 0.3) is 0 Å². The van der Waals surface area contributed by atoms with Crippen LogP contribution in [-0.4, -0.2) is 57.6 Å². The molecular formula is C34H48N2O4. The van der Waals surface area contributed by atoms with Gasteiger partial charge in [-0.1, -0.05) is 18.2 Å². The molecule has 3 aliphatic rings. The fraction of sp³-hybridized carbons (Fsp3) is 0.618. The Bertz CT molecular complexity index is 1120. The van der Waals surface area contributed by atoms with Crippen molar-refractivity contribution in [2.75, 3.05) is 50.3 Å². The summed E-state index contributed by atoms with van der Waals surface area (Å²) >= 11 is 0. The van der Waals surface area contributed by atoms with E-state index < -0.39 is 0 Å². The first kappa shape index (κ1) is 28.9. The van der Waals surface area contributed by atoms with E-state index in [2.05, 4.69) is 59.2 Å². The van der Waals surface area contributed by atoms with E-state index in [1.165, 1.54) is 16.8 Å². The summed E-state index contributed by atoms with van der Waals surface area (Å²) < 4.78 is 10.9. The summed E-state index contributed by atoms with van der Waals surface area (Å²) in [6.45, 7) is 5.73. The Balaban J connectivity index is 1.29. The first-order valence-corrected chi connectivity index (χ1v) is 15.4. The maximum Gasteiger partial charge on any atom is 0.230 e. The minimum atomic E-state index is -0.257. The molecule has 0 bridgehead atoms. The molecule has 2 saturated carbocycles. The van der Waals surface area contributed by atoms with Gasteiger partial charge in [0.1, 0.15) is 5.75 Å². The second-order valence-corrected chi connectivity index (χ2v) is 12.5. The van der Waals surface area contributed by atoms with Crippen LogP contribution >= 0.6 is 0 Å². The van der Waals surface area contributed by atoms with Crippen molar-refractivity contribution in [2.45, 2.75) is 76.7 Å². The zero-order chi connectivity index (χ0) is 28.1. The van der Waals surface area contributed by atoms with E-state index in [0.717, 1.165) is 95.5 Å². The topological polar surface area (TPSA) is 62.2 Å². The van der Waals surface area contributed by atoms with Gasteiger partial charge < -0.3 is 24.4 Å². The van der Waals surface area contributed by atoms with Gasteiger partial charge in [0.2, 0.25) is 5.91 Å².